The van der Waals surface area contributed by atoms with E-state index in [0.717, 1.165) is 18.5 Å². The van der Waals surface area contributed by atoms with Crippen LogP contribution in [0.4, 0.5) is 10.1 Å². The van der Waals surface area contributed by atoms with E-state index < -0.39 is 15.8 Å². The van der Waals surface area contributed by atoms with Crippen molar-refractivity contribution in [3.8, 4) is 0 Å². The van der Waals surface area contributed by atoms with Gasteiger partial charge in [0, 0.05) is 12.4 Å². The molecule has 0 bridgehead atoms. The van der Waals surface area contributed by atoms with Gasteiger partial charge in [0.2, 0.25) is 0 Å². The molecule has 0 aliphatic carbocycles. The average Bonchev–Trinajstić information content (AvgIpc) is 2.32. The number of hydrogen-bond donors (Lipinski definition) is 1. The van der Waals surface area contributed by atoms with Gasteiger partial charge < -0.3 is 0 Å². The summed E-state index contributed by atoms with van der Waals surface area (Å²) in [6, 6.07) is 3.99. The second-order valence-electron chi connectivity index (χ2n) is 3.29. The van der Waals surface area contributed by atoms with Gasteiger partial charge in [-0.15, -0.1) is 0 Å². The lowest BCUT2D eigenvalue weighted by atomic mass is 10.4. The van der Waals surface area contributed by atoms with Crippen LogP contribution in [0.1, 0.15) is 0 Å². The Hall–Kier alpha value is -1.54. The molecule has 5 nitrogen and oxygen atoms in total. The Kier molecular flexibility index (Phi) is 3.58. The van der Waals surface area contributed by atoms with Crippen LogP contribution < -0.4 is 4.72 Å². The molecular weight excluding hydrogens is 325 g/mol. The quantitative estimate of drug-likeness (QED) is 0.875. The van der Waals surface area contributed by atoms with Crippen LogP contribution in [0, 0.1) is 5.82 Å². The fourth-order valence-corrected chi connectivity index (χ4v) is 2.73. The molecule has 2 rings (SSSR count). The molecule has 2 aromatic rings. The third kappa shape index (κ3) is 2.82. The molecule has 8 heteroatoms. The molecule has 18 heavy (non-hydrogen) atoms. The highest BCUT2D eigenvalue weighted by atomic mass is 79.9. The minimum Gasteiger partial charge on any atom is -0.277 e. The summed E-state index contributed by atoms with van der Waals surface area (Å²) in [5, 5.41) is 0. The highest BCUT2D eigenvalue weighted by Gasteiger charge is 2.16. The van der Waals surface area contributed by atoms with Crippen molar-refractivity contribution in [3.05, 3.63) is 47.2 Å². The number of hydrogen-bond acceptors (Lipinski definition) is 4. The molecule has 0 aliphatic rings. The highest BCUT2D eigenvalue weighted by molar-refractivity contribution is 9.10. The first kappa shape index (κ1) is 12.9. The van der Waals surface area contributed by atoms with Crippen LogP contribution in [0.5, 0.6) is 0 Å². The van der Waals surface area contributed by atoms with Crippen LogP contribution in [-0.4, -0.2) is 18.4 Å². The van der Waals surface area contributed by atoms with E-state index >= 15 is 0 Å². The van der Waals surface area contributed by atoms with Gasteiger partial charge in [0.05, 0.1) is 11.9 Å². The average molecular weight is 332 g/mol. The van der Waals surface area contributed by atoms with Crippen LogP contribution in [0.2, 0.25) is 0 Å². The molecule has 2 aromatic heterocycles. The van der Waals surface area contributed by atoms with Gasteiger partial charge in [0.1, 0.15) is 15.3 Å². The first-order valence-electron chi connectivity index (χ1n) is 4.73. The minimum absolute atomic E-state index is 0.252. The van der Waals surface area contributed by atoms with Gasteiger partial charge in [0.25, 0.3) is 10.0 Å². The molecule has 0 aliphatic heterocycles. The molecule has 0 radical (unpaired) electrons. The van der Waals surface area contributed by atoms with Crippen LogP contribution in [0.3, 0.4) is 0 Å². The number of rotatable bonds is 3. The minimum atomic E-state index is -3.88. The van der Waals surface area contributed by atoms with E-state index in [1.807, 2.05) is 0 Å². The molecular formula is C10H7BrFN3O2S. The normalized spacial score (nSPS) is 11.2. The second-order valence-corrected chi connectivity index (χ2v) is 5.72. The van der Waals surface area contributed by atoms with Crippen molar-refractivity contribution in [2.24, 2.45) is 0 Å². The summed E-state index contributed by atoms with van der Waals surface area (Å²) >= 11 is 3.11. The molecule has 1 N–H and O–H groups in total. The maximum absolute atomic E-state index is 12.9. The molecule has 0 saturated carbocycles. The van der Waals surface area contributed by atoms with Crippen molar-refractivity contribution < 1.29 is 12.8 Å². The Bertz CT molecular complexity index is 678. The second kappa shape index (κ2) is 4.99. The summed E-state index contributed by atoms with van der Waals surface area (Å²) in [6.07, 6.45) is 3.50. The summed E-state index contributed by atoms with van der Waals surface area (Å²) in [7, 11) is -3.88. The molecule has 0 fully saturated rings. The van der Waals surface area contributed by atoms with Gasteiger partial charge in [0.15, 0.2) is 0 Å². The van der Waals surface area contributed by atoms with E-state index in [0.29, 0.717) is 4.60 Å². The van der Waals surface area contributed by atoms with E-state index in [1.165, 1.54) is 12.3 Å². The zero-order chi connectivity index (χ0) is 13.2. The van der Waals surface area contributed by atoms with Crippen molar-refractivity contribution >= 4 is 31.6 Å². The first-order chi connectivity index (χ1) is 8.49. The number of sulfonamides is 1. The van der Waals surface area contributed by atoms with E-state index in [2.05, 4.69) is 30.6 Å². The van der Waals surface area contributed by atoms with Crippen molar-refractivity contribution in [1.29, 1.82) is 0 Å². The fraction of sp³-hybridized carbons (Fsp3) is 0. The molecule has 0 unspecified atom stereocenters. The molecule has 0 amide bonds. The van der Waals surface area contributed by atoms with Gasteiger partial charge in [-0.05, 0) is 34.1 Å². The number of halogens is 2. The van der Waals surface area contributed by atoms with Crippen molar-refractivity contribution in [2.45, 2.75) is 4.90 Å². The Morgan fingerprint density at radius 2 is 2.11 bits per heavy atom. The number of pyridine rings is 2. The Labute approximate surface area is 111 Å². The van der Waals surface area contributed by atoms with E-state index in [-0.39, 0.29) is 10.6 Å². The zero-order valence-corrected chi connectivity index (χ0v) is 11.2. The lowest BCUT2D eigenvalue weighted by molar-refractivity contribution is 0.592. The largest absolute Gasteiger partial charge is 0.277 e. The lowest BCUT2D eigenvalue weighted by Crippen LogP contribution is -2.14. The predicted molar refractivity (Wildman–Crippen MR) is 66.9 cm³/mol. The number of nitrogens with zero attached hydrogens (tertiary/aromatic N) is 2. The van der Waals surface area contributed by atoms with Gasteiger partial charge in [-0.3, -0.25) is 9.71 Å². The van der Waals surface area contributed by atoms with Gasteiger partial charge in [-0.25, -0.2) is 17.8 Å². The summed E-state index contributed by atoms with van der Waals surface area (Å²) in [6.45, 7) is 0. The van der Waals surface area contributed by atoms with E-state index in [4.69, 9.17) is 0 Å². The zero-order valence-electron chi connectivity index (χ0n) is 8.84. The Morgan fingerprint density at radius 3 is 2.78 bits per heavy atom. The summed E-state index contributed by atoms with van der Waals surface area (Å²) < 4.78 is 39.5. The Balaban J connectivity index is 2.37. The maximum atomic E-state index is 12.9. The number of nitrogens with one attached hydrogen (secondary N) is 1. The lowest BCUT2D eigenvalue weighted by Gasteiger charge is -2.08. The van der Waals surface area contributed by atoms with Gasteiger partial charge in [-0.2, -0.15) is 0 Å². The molecule has 0 spiro atoms. The first-order valence-corrected chi connectivity index (χ1v) is 7.00. The summed E-state index contributed by atoms with van der Waals surface area (Å²) in [5.74, 6) is -0.719. The van der Waals surface area contributed by atoms with Gasteiger partial charge in [-0.1, -0.05) is 0 Å². The summed E-state index contributed by atoms with van der Waals surface area (Å²) in [4.78, 5) is 7.12. The van der Waals surface area contributed by atoms with Crippen LogP contribution in [-0.2, 0) is 10.0 Å². The van der Waals surface area contributed by atoms with Crippen molar-refractivity contribution in [1.82, 2.24) is 9.97 Å². The van der Waals surface area contributed by atoms with E-state index in [1.54, 1.807) is 6.07 Å². The highest BCUT2D eigenvalue weighted by Crippen LogP contribution is 2.22. The van der Waals surface area contributed by atoms with Crippen LogP contribution in [0.25, 0.3) is 0 Å². The fourth-order valence-electron chi connectivity index (χ4n) is 1.21. The SMILES string of the molecule is O=S(=O)(Nc1cccnc1Br)c1cncc(F)c1. The standard InChI is InChI=1S/C10H7BrFN3O2S/c11-10-9(2-1-3-14-10)15-18(16,17)8-4-7(12)5-13-6-8/h1-6,15H. The molecule has 94 valence electrons. The molecule has 0 aromatic carbocycles. The summed E-state index contributed by atoms with van der Waals surface area (Å²) in [5.41, 5.74) is 0.266. The van der Waals surface area contributed by atoms with Crippen molar-refractivity contribution in [3.63, 3.8) is 0 Å². The van der Waals surface area contributed by atoms with Gasteiger partial charge >= 0.3 is 0 Å². The monoisotopic (exact) mass is 331 g/mol. The van der Waals surface area contributed by atoms with Crippen molar-refractivity contribution in [2.75, 3.05) is 4.72 Å². The van der Waals surface area contributed by atoms with E-state index in [9.17, 15) is 12.8 Å². The third-order valence-corrected chi connectivity index (χ3v) is 3.96. The molecule has 2 heterocycles. The maximum Gasteiger partial charge on any atom is 0.263 e. The predicted octanol–water partition coefficient (Wildman–Crippen LogP) is 2.18. The molecule has 0 atom stereocenters. The van der Waals surface area contributed by atoms with Crippen LogP contribution >= 0.6 is 15.9 Å². The topological polar surface area (TPSA) is 72.0 Å². The number of anilines is 1. The number of aromatic nitrogens is 2. The Morgan fingerprint density at radius 1 is 1.33 bits per heavy atom. The smallest absolute Gasteiger partial charge is 0.263 e. The molecule has 0 saturated heterocycles. The third-order valence-electron chi connectivity index (χ3n) is 1.99. The van der Waals surface area contributed by atoms with Crippen LogP contribution in [0.15, 0.2) is 46.3 Å².